The van der Waals surface area contributed by atoms with Crippen molar-refractivity contribution in [2.45, 2.75) is 0 Å². The van der Waals surface area contributed by atoms with Crippen molar-refractivity contribution in [3.8, 4) is 86.5 Å². The highest BCUT2D eigenvalue weighted by Gasteiger charge is 2.22. The van der Waals surface area contributed by atoms with E-state index in [1.54, 1.807) is 48.5 Å². The van der Waals surface area contributed by atoms with Gasteiger partial charge in [-0.25, -0.2) is 9.97 Å². The molecule has 6 heterocycles. The van der Waals surface area contributed by atoms with Gasteiger partial charge in [0.2, 0.25) is 0 Å². The van der Waals surface area contributed by atoms with E-state index in [0.717, 1.165) is 0 Å². The summed E-state index contributed by atoms with van der Waals surface area (Å²) in [5, 5.41) is -1.82. The smallest absolute Gasteiger partial charge is 0.0972 e. The number of thiophene rings is 2. The molecular formula is C88H54N4S2. The Morgan fingerprint density at radius 3 is 1.23 bits per heavy atom. The first-order valence-corrected chi connectivity index (χ1v) is 30.0. The molecule has 0 saturated heterocycles. The lowest BCUT2D eigenvalue weighted by atomic mass is 9.91. The molecule has 0 saturated carbocycles. The second-order valence-corrected chi connectivity index (χ2v) is 22.7. The second kappa shape index (κ2) is 23.2. The molecule has 0 spiro atoms. The number of pyridine rings is 4. The summed E-state index contributed by atoms with van der Waals surface area (Å²) in [6.07, 6.45) is -1.21. The van der Waals surface area contributed by atoms with Crippen LogP contribution in [0, 0.1) is 0 Å². The van der Waals surface area contributed by atoms with Gasteiger partial charge in [-0.3, -0.25) is 9.97 Å². The number of hydrogen-bond donors (Lipinski definition) is 0. The van der Waals surface area contributed by atoms with Crippen molar-refractivity contribution in [1.82, 2.24) is 19.9 Å². The van der Waals surface area contributed by atoms with Gasteiger partial charge in [-0.1, -0.05) is 266 Å². The zero-order valence-corrected chi connectivity index (χ0v) is 49.2. The number of nitrogens with zero attached hydrogens (tertiary/aromatic N) is 4. The lowest BCUT2D eigenvalue weighted by molar-refractivity contribution is 1.37. The molecule has 6 aromatic heterocycles. The van der Waals surface area contributed by atoms with Crippen LogP contribution in [0.4, 0.5) is 0 Å². The van der Waals surface area contributed by atoms with Gasteiger partial charge < -0.3 is 0 Å². The number of hydrogen-bond acceptors (Lipinski definition) is 6. The Hall–Kier alpha value is -11.8. The molecule has 4 nitrogen and oxygen atoms in total. The average molecular weight is 1270 g/mol. The molecule has 0 unspecified atom stereocenters. The fourth-order valence-electron chi connectivity index (χ4n) is 11.2. The topological polar surface area (TPSA) is 51.6 Å². The molecule has 0 N–H and O–H groups in total. The molecule has 0 bridgehead atoms. The molecular weight excluding hydrogens is 1180 g/mol. The van der Waals surface area contributed by atoms with Gasteiger partial charge in [-0.05, 0) is 136 Å². The Labute approximate surface area is 609 Å². The third-order valence-corrected chi connectivity index (χ3v) is 17.6. The van der Waals surface area contributed by atoms with Crippen molar-refractivity contribution in [2.75, 3.05) is 0 Å². The van der Waals surface area contributed by atoms with Crippen LogP contribution in [0.15, 0.2) is 327 Å². The number of fused-ring (bicyclic) bond motifs is 11. The summed E-state index contributed by atoms with van der Waals surface area (Å²) >= 11 is 1.30. The van der Waals surface area contributed by atoms with Crippen LogP contribution >= 0.6 is 22.7 Å². The molecule has 438 valence electrons. The standard InChI is InChI=1S/C46H28N2S.C42H26N2S/c1-3-15-33-29(10-1)12-7-19-39(33)43-28-41(46(49-43)40-20-8-13-30-11-2-4-16-34(30)40)37-24-25-38(36-18-6-5-17-35(36)37)42-26-23-32-22-21-31-14-9-27-47-44(31)45(32)48-42;1-2-13-32-27(8-1)9-6-16-37(32)40-24-23-39(45-40)31-11-5-10-30(26-31)33-20-21-36(35-15-4-3-14-34(33)35)38-22-19-29-18-17-28-12-7-25-43-41(28)42(29)44-38/h1-28H;1-26H/i1D,2D,3D,4D,7D,8D,9D,10D,11D,12D,13D,14D,15D,16D,19D,20D,21D,22D,23D,26D,27D,28D;1D,2D,5D,6D,7D,8D,9D,10D,11D,12D,13D,16D,17D,18D,19D,22D,23D,24D,25D,26D. The summed E-state index contributed by atoms with van der Waals surface area (Å²) in [7, 11) is 0. The molecule has 0 atom stereocenters. The van der Waals surface area contributed by atoms with Crippen LogP contribution in [0.25, 0.3) is 184 Å². The molecule has 0 aliphatic carbocycles. The van der Waals surface area contributed by atoms with E-state index >= 15 is 0 Å². The van der Waals surface area contributed by atoms with E-state index in [1.807, 2.05) is 0 Å². The second-order valence-electron chi connectivity index (χ2n) is 20.7. The Bertz CT molecular complexity index is 8820. The van der Waals surface area contributed by atoms with E-state index < -0.39 is 265 Å². The van der Waals surface area contributed by atoms with Gasteiger partial charge in [0.1, 0.15) is 0 Å². The number of benzene rings is 13. The molecule has 19 rings (SSSR count). The lowest BCUT2D eigenvalue weighted by Gasteiger charge is -2.14. The SMILES string of the molecule is [2H]c1nc2c(c([2H])c1[2H])c([2H])c([2H])c1c([2H])c([2H])c(-c3ccc(-c4c(-c5c([2H])c([2H])c([2H])c6c([2H])c([2H])c([2H])c([2H])c56)sc(-c5c([2H])c([2H])c([2H])c6c([2H])c([2H])c([2H])c([2H])c56)c4[2H])c4ccccc34)nc12.[2H]c1nc2c(c([2H])c1[2H])c([2H])c([2H])c1c([2H])c([2H])c(-c3ccc(-c4c([2H])c([2H])c([2H])c(-c5sc(-c6c([2H])c([2H])c([2H])c7c([2H])c([2H])c([2H])c([2H])c67)c([2H])c5[2H])c4[2H])c4ccccc34)nc12. The summed E-state index contributed by atoms with van der Waals surface area (Å²) in [4.78, 5) is 16.9. The van der Waals surface area contributed by atoms with Crippen LogP contribution < -0.4 is 0 Å². The van der Waals surface area contributed by atoms with Crippen LogP contribution in [0.3, 0.4) is 0 Å². The third-order valence-electron chi connectivity index (χ3n) is 15.4. The fourth-order valence-corrected chi connectivity index (χ4v) is 13.2. The normalized spacial score (nSPS) is 17.9. The monoisotopic (exact) mass is 1270 g/mol. The van der Waals surface area contributed by atoms with Crippen LogP contribution in [-0.4, -0.2) is 19.9 Å². The van der Waals surface area contributed by atoms with Gasteiger partial charge in [0.05, 0.1) is 91.0 Å². The molecule has 0 fully saturated rings. The highest BCUT2D eigenvalue weighted by Crippen LogP contribution is 2.50. The lowest BCUT2D eigenvalue weighted by Crippen LogP contribution is -1.91. The largest absolute Gasteiger partial charge is 0.254 e. The zero-order chi connectivity index (χ0) is 98.6. The predicted octanol–water partition coefficient (Wildman–Crippen LogP) is 24.8. The van der Waals surface area contributed by atoms with Gasteiger partial charge in [0.25, 0.3) is 0 Å². The maximum Gasteiger partial charge on any atom is 0.0972 e. The Balaban J connectivity index is 0.000000182. The highest BCUT2D eigenvalue weighted by atomic mass is 32.1. The Kier molecular flexibility index (Phi) is 6.70. The van der Waals surface area contributed by atoms with Crippen molar-refractivity contribution in [1.29, 1.82) is 0 Å². The first-order chi connectivity index (χ1) is 64.1. The predicted molar refractivity (Wildman–Crippen MR) is 401 cm³/mol. The zero-order valence-electron chi connectivity index (χ0n) is 89.5. The average Bonchev–Trinajstić information content (AvgIpc) is 1.55. The van der Waals surface area contributed by atoms with E-state index in [0.29, 0.717) is 44.2 Å². The summed E-state index contributed by atoms with van der Waals surface area (Å²) in [6, 6.07) is -5.56. The third kappa shape index (κ3) is 9.66. The van der Waals surface area contributed by atoms with Gasteiger partial charge >= 0.3 is 0 Å². The van der Waals surface area contributed by atoms with Gasteiger partial charge in [-0.2, -0.15) is 0 Å². The van der Waals surface area contributed by atoms with Crippen LogP contribution in [-0.2, 0) is 0 Å². The summed E-state index contributed by atoms with van der Waals surface area (Å²) in [5.74, 6) is 0. The van der Waals surface area contributed by atoms with E-state index in [2.05, 4.69) is 15.0 Å². The molecule has 0 radical (unpaired) electrons. The minimum atomic E-state index is -0.740. The first-order valence-electron chi connectivity index (χ1n) is 49.3. The molecule has 94 heavy (non-hydrogen) atoms. The molecule has 0 aliphatic rings. The van der Waals surface area contributed by atoms with Gasteiger partial charge in [-0.15, -0.1) is 22.7 Å². The fraction of sp³-hybridized carbons (Fsp3) is 0. The van der Waals surface area contributed by atoms with Crippen molar-refractivity contribution in [3.05, 3.63) is 327 Å². The van der Waals surface area contributed by atoms with Crippen molar-refractivity contribution in [2.24, 2.45) is 0 Å². The minimum absolute atomic E-state index is 0.0881. The van der Waals surface area contributed by atoms with Crippen LogP contribution in [0.5, 0.6) is 0 Å². The molecule has 6 heteroatoms. The summed E-state index contributed by atoms with van der Waals surface area (Å²) in [5.41, 5.74) is -1.68. The quantitative estimate of drug-likeness (QED) is 0.142. The summed E-state index contributed by atoms with van der Waals surface area (Å²) in [6.45, 7) is 0. The summed E-state index contributed by atoms with van der Waals surface area (Å²) < 4.78 is 368. The van der Waals surface area contributed by atoms with Crippen molar-refractivity contribution < 1.29 is 57.6 Å². The van der Waals surface area contributed by atoms with Crippen molar-refractivity contribution >= 4 is 120 Å². The Morgan fingerprint density at radius 1 is 0.245 bits per heavy atom. The highest BCUT2D eigenvalue weighted by molar-refractivity contribution is 7.19. The number of rotatable bonds is 8. The van der Waals surface area contributed by atoms with E-state index in [-0.39, 0.29) is 152 Å². The molecule has 19 aromatic rings. The van der Waals surface area contributed by atoms with Gasteiger partial charge in [0.15, 0.2) is 0 Å². The molecule has 13 aromatic carbocycles. The molecule has 0 amide bonds. The minimum Gasteiger partial charge on any atom is -0.254 e. The van der Waals surface area contributed by atoms with E-state index in [1.165, 1.54) is 24.3 Å². The maximum absolute atomic E-state index is 10.0. The van der Waals surface area contributed by atoms with Gasteiger partial charge in [0, 0.05) is 75.7 Å². The van der Waals surface area contributed by atoms with E-state index in [4.69, 9.17) is 55.7 Å². The van der Waals surface area contributed by atoms with Crippen LogP contribution in [0.1, 0.15) is 57.6 Å². The van der Waals surface area contributed by atoms with E-state index in [9.17, 15) is 6.85 Å². The number of aromatic nitrogens is 4. The molecule has 0 aliphatic heterocycles. The maximum atomic E-state index is 10.0. The first kappa shape index (κ1) is 27.2. The Morgan fingerprint density at radius 2 is 0.660 bits per heavy atom. The van der Waals surface area contributed by atoms with Crippen molar-refractivity contribution in [3.63, 3.8) is 0 Å². The van der Waals surface area contributed by atoms with Crippen LogP contribution in [0.2, 0.25) is 0 Å².